The molecule has 0 fully saturated rings. The molecule has 1 heterocycles. The van der Waals surface area contributed by atoms with Crippen molar-refractivity contribution in [3.63, 3.8) is 0 Å². The van der Waals surface area contributed by atoms with E-state index in [1.54, 1.807) is 16.9 Å². The Balaban J connectivity index is 2.94. The maximum atomic E-state index is 4.19. The molecule has 3 nitrogen and oxygen atoms in total. The van der Waals surface area contributed by atoms with Gasteiger partial charge >= 0.3 is 0 Å². The zero-order chi connectivity index (χ0) is 8.27. The lowest BCUT2D eigenvalue weighted by atomic mass is 10.4. The molecule has 0 bridgehead atoms. The van der Waals surface area contributed by atoms with Crippen LogP contribution in [0.3, 0.4) is 0 Å². The molecular weight excluding hydrogens is 138 g/mol. The molecule has 0 aliphatic rings. The SMILES string of the molecule is C=C/C(C)=N\n1ccnc1C. The molecule has 0 aliphatic carbocycles. The molecule has 0 aliphatic heterocycles. The Bertz CT molecular complexity index is 283. The Labute approximate surface area is 66.1 Å². The second kappa shape index (κ2) is 3.14. The van der Waals surface area contributed by atoms with Crippen LogP contribution in [-0.2, 0) is 0 Å². The van der Waals surface area contributed by atoms with E-state index in [0.717, 1.165) is 11.5 Å². The predicted molar refractivity (Wildman–Crippen MR) is 45.7 cm³/mol. The first-order chi connectivity index (χ1) is 5.24. The summed E-state index contributed by atoms with van der Waals surface area (Å²) in [6.45, 7) is 7.40. The third-order valence-electron chi connectivity index (χ3n) is 1.36. The number of imidazole rings is 1. The third kappa shape index (κ3) is 1.77. The Morgan fingerprint density at radius 3 is 3.00 bits per heavy atom. The summed E-state index contributed by atoms with van der Waals surface area (Å²) in [5, 5.41) is 4.19. The lowest BCUT2D eigenvalue weighted by molar-refractivity contribution is 0.827. The summed E-state index contributed by atoms with van der Waals surface area (Å²) < 4.78 is 1.72. The van der Waals surface area contributed by atoms with E-state index >= 15 is 0 Å². The molecule has 0 saturated carbocycles. The zero-order valence-corrected chi connectivity index (χ0v) is 6.78. The van der Waals surface area contributed by atoms with Crippen molar-refractivity contribution in [2.45, 2.75) is 13.8 Å². The normalized spacial score (nSPS) is 11.6. The van der Waals surface area contributed by atoms with Gasteiger partial charge in [-0.2, -0.15) is 5.10 Å². The topological polar surface area (TPSA) is 30.2 Å². The summed E-state index contributed by atoms with van der Waals surface area (Å²) in [6.07, 6.45) is 5.23. The molecule has 11 heavy (non-hydrogen) atoms. The van der Waals surface area contributed by atoms with Crippen LogP contribution in [0.1, 0.15) is 12.7 Å². The molecule has 0 amide bonds. The lowest BCUT2D eigenvalue weighted by Crippen LogP contribution is -1.94. The van der Waals surface area contributed by atoms with Crippen LogP contribution in [0.15, 0.2) is 30.2 Å². The summed E-state index contributed by atoms with van der Waals surface area (Å²) in [6, 6.07) is 0. The summed E-state index contributed by atoms with van der Waals surface area (Å²) in [5.41, 5.74) is 0.881. The fourth-order valence-corrected chi connectivity index (χ4v) is 0.688. The number of aromatic nitrogens is 2. The van der Waals surface area contributed by atoms with E-state index in [1.807, 2.05) is 20.0 Å². The van der Waals surface area contributed by atoms with E-state index in [0.29, 0.717) is 0 Å². The summed E-state index contributed by atoms with van der Waals surface area (Å²) in [4.78, 5) is 4.03. The summed E-state index contributed by atoms with van der Waals surface area (Å²) in [5.74, 6) is 0.881. The van der Waals surface area contributed by atoms with Crippen molar-refractivity contribution >= 4 is 5.71 Å². The molecule has 0 atom stereocenters. The molecule has 0 unspecified atom stereocenters. The van der Waals surface area contributed by atoms with Gasteiger partial charge in [0, 0.05) is 12.4 Å². The molecule has 1 rings (SSSR count). The standard InChI is InChI=1S/C8H11N3/c1-4-7(2)10-11-6-5-9-8(11)3/h4-6H,1H2,2-3H3/b10-7-. The molecule has 0 aromatic carbocycles. The zero-order valence-electron chi connectivity index (χ0n) is 6.78. The van der Waals surface area contributed by atoms with E-state index in [1.165, 1.54) is 0 Å². The highest BCUT2D eigenvalue weighted by Crippen LogP contribution is 1.94. The largest absolute Gasteiger partial charge is 0.240 e. The summed E-state index contributed by atoms with van der Waals surface area (Å²) in [7, 11) is 0. The molecule has 1 aromatic heterocycles. The van der Waals surface area contributed by atoms with Gasteiger partial charge in [0.2, 0.25) is 0 Å². The third-order valence-corrected chi connectivity index (χ3v) is 1.36. The Kier molecular flexibility index (Phi) is 2.21. The van der Waals surface area contributed by atoms with Gasteiger partial charge in [-0.1, -0.05) is 6.58 Å². The van der Waals surface area contributed by atoms with Gasteiger partial charge in [-0.05, 0) is 19.9 Å². The fourth-order valence-electron chi connectivity index (χ4n) is 0.688. The van der Waals surface area contributed by atoms with Gasteiger partial charge in [-0.3, -0.25) is 0 Å². The Morgan fingerprint density at radius 1 is 1.82 bits per heavy atom. The fraction of sp³-hybridized carbons (Fsp3) is 0.250. The van der Waals surface area contributed by atoms with Gasteiger partial charge < -0.3 is 0 Å². The minimum atomic E-state index is 0.881. The number of hydrogen-bond acceptors (Lipinski definition) is 2. The maximum Gasteiger partial charge on any atom is 0.126 e. The van der Waals surface area contributed by atoms with Gasteiger partial charge in [0.1, 0.15) is 5.82 Å². The van der Waals surface area contributed by atoms with Crippen LogP contribution in [0, 0.1) is 6.92 Å². The number of rotatable bonds is 2. The minimum absolute atomic E-state index is 0.881. The van der Waals surface area contributed by atoms with Gasteiger partial charge in [-0.15, -0.1) is 0 Å². The van der Waals surface area contributed by atoms with Crippen molar-refractivity contribution in [2.24, 2.45) is 5.10 Å². The van der Waals surface area contributed by atoms with E-state index in [9.17, 15) is 0 Å². The van der Waals surface area contributed by atoms with Gasteiger partial charge in [0.25, 0.3) is 0 Å². The molecule has 0 N–H and O–H groups in total. The number of nitrogens with zero attached hydrogens (tertiary/aromatic N) is 3. The van der Waals surface area contributed by atoms with Crippen LogP contribution < -0.4 is 0 Å². The number of hydrogen-bond donors (Lipinski definition) is 0. The second-order valence-corrected chi connectivity index (χ2v) is 2.26. The van der Waals surface area contributed by atoms with Gasteiger partial charge in [0.15, 0.2) is 0 Å². The van der Waals surface area contributed by atoms with Crippen molar-refractivity contribution in [1.82, 2.24) is 9.66 Å². The van der Waals surface area contributed by atoms with Crippen molar-refractivity contribution in [2.75, 3.05) is 0 Å². The van der Waals surface area contributed by atoms with E-state index < -0.39 is 0 Å². The Morgan fingerprint density at radius 2 is 2.55 bits per heavy atom. The highest BCUT2D eigenvalue weighted by Gasteiger charge is 1.91. The van der Waals surface area contributed by atoms with Crippen LogP contribution in [0.25, 0.3) is 0 Å². The van der Waals surface area contributed by atoms with Crippen LogP contribution in [0.5, 0.6) is 0 Å². The molecule has 3 heteroatoms. The van der Waals surface area contributed by atoms with E-state index in [-0.39, 0.29) is 0 Å². The van der Waals surface area contributed by atoms with Crippen molar-refractivity contribution in [3.05, 3.63) is 30.9 Å². The van der Waals surface area contributed by atoms with Gasteiger partial charge in [0.05, 0.1) is 5.71 Å². The second-order valence-electron chi connectivity index (χ2n) is 2.26. The molecular formula is C8H11N3. The van der Waals surface area contributed by atoms with Crippen molar-refractivity contribution in [1.29, 1.82) is 0 Å². The van der Waals surface area contributed by atoms with Crippen molar-refractivity contribution in [3.8, 4) is 0 Å². The van der Waals surface area contributed by atoms with E-state index in [2.05, 4.69) is 16.7 Å². The lowest BCUT2D eigenvalue weighted by Gasteiger charge is -1.95. The van der Waals surface area contributed by atoms with Crippen LogP contribution in [0.4, 0.5) is 0 Å². The number of allylic oxidation sites excluding steroid dienone is 1. The smallest absolute Gasteiger partial charge is 0.126 e. The quantitative estimate of drug-likeness (QED) is 0.587. The highest BCUT2D eigenvalue weighted by atomic mass is 15.4. The molecule has 0 radical (unpaired) electrons. The number of aryl methyl sites for hydroxylation is 1. The van der Waals surface area contributed by atoms with Crippen LogP contribution in [0.2, 0.25) is 0 Å². The average Bonchev–Trinajstić information content (AvgIpc) is 2.37. The van der Waals surface area contributed by atoms with Crippen LogP contribution >= 0.6 is 0 Å². The molecule has 58 valence electrons. The minimum Gasteiger partial charge on any atom is -0.240 e. The first kappa shape index (κ1) is 7.72. The first-order valence-electron chi connectivity index (χ1n) is 3.42. The monoisotopic (exact) mass is 149 g/mol. The molecule has 0 saturated heterocycles. The van der Waals surface area contributed by atoms with Crippen molar-refractivity contribution < 1.29 is 0 Å². The van der Waals surface area contributed by atoms with Crippen LogP contribution in [-0.4, -0.2) is 15.4 Å². The predicted octanol–water partition coefficient (Wildman–Crippen LogP) is 1.60. The average molecular weight is 149 g/mol. The Hall–Kier alpha value is -1.38. The maximum absolute atomic E-state index is 4.19. The van der Waals surface area contributed by atoms with Gasteiger partial charge in [-0.25, -0.2) is 9.66 Å². The highest BCUT2D eigenvalue weighted by molar-refractivity contribution is 5.92. The molecule has 0 spiro atoms. The van der Waals surface area contributed by atoms with E-state index in [4.69, 9.17) is 0 Å². The summed E-state index contributed by atoms with van der Waals surface area (Å²) >= 11 is 0. The first-order valence-corrected chi connectivity index (χ1v) is 3.42. The molecule has 1 aromatic rings.